The van der Waals surface area contributed by atoms with E-state index in [2.05, 4.69) is 4.98 Å². The summed E-state index contributed by atoms with van der Waals surface area (Å²) in [5.41, 5.74) is 5.22. The summed E-state index contributed by atoms with van der Waals surface area (Å²) in [5.74, 6) is 0.0410. The summed E-state index contributed by atoms with van der Waals surface area (Å²) in [6.45, 7) is 2.84. The minimum Gasteiger partial charge on any atom is -0.369 e. The topological polar surface area (TPSA) is 110 Å². The molecular weight excluding hydrogens is 308 g/mol. The summed E-state index contributed by atoms with van der Waals surface area (Å²) < 4.78 is 1.51. The third-order valence-corrected chi connectivity index (χ3v) is 4.42. The Morgan fingerprint density at radius 2 is 2.23 bits per heavy atom. The van der Waals surface area contributed by atoms with Crippen LogP contribution in [-0.4, -0.2) is 57.8 Å². The highest BCUT2D eigenvalue weighted by Crippen LogP contribution is 2.31. The molecule has 10 heteroatoms. The fourth-order valence-electron chi connectivity index (χ4n) is 2.71. The second-order valence-electron chi connectivity index (χ2n) is 5.15. The molecule has 2 aromatic rings. The Bertz CT molecular complexity index is 711. The van der Waals surface area contributed by atoms with E-state index in [0.717, 1.165) is 13.0 Å². The van der Waals surface area contributed by atoms with Crippen LogP contribution in [0.2, 0.25) is 0 Å². The number of anilines is 1. The lowest BCUT2D eigenvalue weighted by Crippen LogP contribution is -2.36. The zero-order valence-electron chi connectivity index (χ0n) is 11.8. The number of hydrogen-bond donors (Lipinski definition) is 1. The molecule has 2 aromatic heterocycles. The van der Waals surface area contributed by atoms with Crippen LogP contribution in [-0.2, 0) is 4.79 Å². The molecule has 3 heterocycles. The van der Waals surface area contributed by atoms with E-state index in [-0.39, 0.29) is 18.3 Å². The van der Waals surface area contributed by atoms with Crippen LogP contribution in [0.15, 0.2) is 11.6 Å². The number of carbonyl (C=O) groups excluding carboxylic acids is 1. The van der Waals surface area contributed by atoms with Gasteiger partial charge in [0.1, 0.15) is 6.20 Å². The van der Waals surface area contributed by atoms with Crippen LogP contribution >= 0.6 is 11.3 Å². The van der Waals surface area contributed by atoms with Crippen molar-refractivity contribution in [2.75, 3.05) is 37.6 Å². The number of carbonyl (C=O) groups is 1. The molecule has 0 aliphatic carbocycles. The van der Waals surface area contributed by atoms with Gasteiger partial charge in [-0.2, -0.15) is 9.38 Å². The standard InChI is InChI=1S/C12H16N6O3S/c13-9(19)8-15-2-1-3-16(5-4-15)10-11(18(20)21)17-6-7-22-12(17)14-10/h6-7H,1-5,8H2,(H2,13,19). The summed E-state index contributed by atoms with van der Waals surface area (Å²) in [4.78, 5) is 30.9. The predicted molar refractivity (Wildman–Crippen MR) is 82.2 cm³/mol. The Hall–Kier alpha value is -2.20. The molecule has 0 spiro atoms. The monoisotopic (exact) mass is 324 g/mol. The maximum Gasteiger partial charge on any atom is 0.373 e. The van der Waals surface area contributed by atoms with Crippen molar-refractivity contribution in [1.82, 2.24) is 14.3 Å². The third-order valence-electron chi connectivity index (χ3n) is 3.66. The maximum atomic E-state index is 11.4. The quantitative estimate of drug-likeness (QED) is 0.640. The number of rotatable bonds is 4. The molecule has 9 nitrogen and oxygen atoms in total. The first-order valence-corrected chi connectivity index (χ1v) is 7.80. The molecule has 0 unspecified atom stereocenters. The van der Waals surface area contributed by atoms with Crippen LogP contribution in [0.1, 0.15) is 6.42 Å². The molecule has 118 valence electrons. The normalized spacial score (nSPS) is 16.8. The smallest absolute Gasteiger partial charge is 0.369 e. The molecule has 22 heavy (non-hydrogen) atoms. The molecule has 0 aromatic carbocycles. The SMILES string of the molecule is NC(=O)CN1CCCN(c2nc3sccn3c2[N+](=O)[O-])CC1. The van der Waals surface area contributed by atoms with Gasteiger partial charge in [-0.3, -0.25) is 9.69 Å². The van der Waals surface area contributed by atoms with Crippen LogP contribution in [0.4, 0.5) is 11.6 Å². The van der Waals surface area contributed by atoms with E-state index in [4.69, 9.17) is 5.73 Å². The van der Waals surface area contributed by atoms with Gasteiger partial charge in [-0.15, -0.1) is 0 Å². The van der Waals surface area contributed by atoms with E-state index in [1.54, 1.807) is 11.6 Å². The van der Waals surface area contributed by atoms with E-state index < -0.39 is 4.92 Å². The molecule has 1 aliphatic heterocycles. The highest BCUT2D eigenvalue weighted by Gasteiger charge is 2.29. The van der Waals surface area contributed by atoms with Gasteiger partial charge in [0.05, 0.1) is 6.54 Å². The van der Waals surface area contributed by atoms with Crippen LogP contribution in [0.25, 0.3) is 4.96 Å². The summed E-state index contributed by atoms with van der Waals surface area (Å²) in [6.07, 6.45) is 2.46. The number of fused-ring (bicyclic) bond motifs is 1. The predicted octanol–water partition coefficient (Wildman–Crippen LogP) is 0.301. The lowest BCUT2D eigenvalue weighted by molar-refractivity contribution is -0.389. The van der Waals surface area contributed by atoms with E-state index in [9.17, 15) is 14.9 Å². The number of imidazole rings is 1. The van der Waals surface area contributed by atoms with Gasteiger partial charge in [-0.1, -0.05) is 11.3 Å². The molecule has 1 fully saturated rings. The highest BCUT2D eigenvalue weighted by atomic mass is 32.1. The number of nitrogens with zero attached hydrogens (tertiary/aromatic N) is 5. The first-order valence-electron chi connectivity index (χ1n) is 6.92. The molecular formula is C12H16N6O3S. The molecule has 0 radical (unpaired) electrons. The Kier molecular flexibility index (Phi) is 3.94. The Balaban J connectivity index is 1.85. The molecule has 0 saturated carbocycles. The number of amides is 1. The molecule has 0 atom stereocenters. The first-order chi connectivity index (χ1) is 10.6. The van der Waals surface area contributed by atoms with E-state index >= 15 is 0 Å². The Morgan fingerprint density at radius 1 is 1.41 bits per heavy atom. The number of nitrogens with two attached hydrogens (primary N) is 1. The zero-order valence-corrected chi connectivity index (χ0v) is 12.7. The maximum absolute atomic E-state index is 11.4. The minimum absolute atomic E-state index is 0.000369. The molecule has 1 saturated heterocycles. The lowest BCUT2D eigenvalue weighted by Gasteiger charge is -2.20. The van der Waals surface area contributed by atoms with E-state index in [1.165, 1.54) is 15.7 Å². The highest BCUT2D eigenvalue weighted by molar-refractivity contribution is 7.15. The number of thiazole rings is 1. The molecule has 3 rings (SSSR count). The van der Waals surface area contributed by atoms with Crippen molar-refractivity contribution in [3.05, 3.63) is 21.7 Å². The van der Waals surface area contributed by atoms with Crippen LogP contribution in [0.3, 0.4) is 0 Å². The van der Waals surface area contributed by atoms with Crippen molar-refractivity contribution in [1.29, 1.82) is 0 Å². The second-order valence-corrected chi connectivity index (χ2v) is 6.03. The zero-order chi connectivity index (χ0) is 15.7. The van der Waals surface area contributed by atoms with Crippen molar-refractivity contribution in [3.8, 4) is 0 Å². The second kappa shape index (κ2) is 5.89. The average molecular weight is 324 g/mol. The molecule has 2 N–H and O–H groups in total. The first kappa shape index (κ1) is 14.7. The largest absolute Gasteiger partial charge is 0.373 e. The van der Waals surface area contributed by atoms with Gasteiger partial charge in [0.2, 0.25) is 11.7 Å². The number of nitro groups is 1. The third kappa shape index (κ3) is 2.74. The Morgan fingerprint density at radius 3 is 2.95 bits per heavy atom. The van der Waals surface area contributed by atoms with Crippen LogP contribution in [0.5, 0.6) is 0 Å². The van der Waals surface area contributed by atoms with Gasteiger partial charge in [0.25, 0.3) is 4.96 Å². The molecule has 1 aliphatic rings. The summed E-state index contributed by atoms with van der Waals surface area (Å²) >= 11 is 1.37. The van der Waals surface area contributed by atoms with Crippen molar-refractivity contribution in [2.24, 2.45) is 5.73 Å². The molecule has 0 bridgehead atoms. The molecule has 1 amide bonds. The number of hydrogen-bond acceptors (Lipinski definition) is 7. The average Bonchev–Trinajstić information content (AvgIpc) is 2.93. The van der Waals surface area contributed by atoms with Crippen LogP contribution in [0, 0.1) is 10.1 Å². The number of aromatic nitrogens is 2. The minimum atomic E-state index is -0.395. The van der Waals surface area contributed by atoms with Crippen molar-refractivity contribution < 1.29 is 9.72 Å². The van der Waals surface area contributed by atoms with Gasteiger partial charge >= 0.3 is 5.82 Å². The summed E-state index contributed by atoms with van der Waals surface area (Å²) in [5, 5.41) is 13.2. The fourth-order valence-corrected chi connectivity index (χ4v) is 3.41. The van der Waals surface area contributed by atoms with Crippen molar-refractivity contribution in [3.63, 3.8) is 0 Å². The van der Waals surface area contributed by atoms with Gasteiger partial charge in [0.15, 0.2) is 0 Å². The van der Waals surface area contributed by atoms with Gasteiger partial charge in [-0.05, 0) is 11.3 Å². The van der Waals surface area contributed by atoms with Crippen LogP contribution < -0.4 is 10.6 Å². The van der Waals surface area contributed by atoms with Crippen molar-refractivity contribution >= 4 is 33.8 Å². The Labute approximate surface area is 130 Å². The number of primary amides is 1. The lowest BCUT2D eigenvalue weighted by atomic mass is 10.3. The van der Waals surface area contributed by atoms with Gasteiger partial charge < -0.3 is 20.7 Å². The van der Waals surface area contributed by atoms with Crippen molar-refractivity contribution in [2.45, 2.75) is 6.42 Å². The summed E-state index contributed by atoms with van der Waals surface area (Å²) in [7, 11) is 0. The van der Waals surface area contributed by atoms with Gasteiger partial charge in [0, 0.05) is 31.6 Å². The van der Waals surface area contributed by atoms with E-state index in [1.807, 2.05) is 9.80 Å². The summed E-state index contributed by atoms with van der Waals surface area (Å²) in [6, 6.07) is 0. The van der Waals surface area contributed by atoms with E-state index in [0.29, 0.717) is 30.4 Å². The van der Waals surface area contributed by atoms with Gasteiger partial charge in [-0.25, -0.2) is 0 Å². The fraction of sp³-hybridized carbons (Fsp3) is 0.500.